The maximum atomic E-state index is 12.5. The molecule has 0 spiro atoms. The van der Waals surface area contributed by atoms with Gasteiger partial charge in [-0.1, -0.05) is 0 Å². The van der Waals surface area contributed by atoms with Crippen molar-refractivity contribution in [2.75, 3.05) is 6.61 Å². The summed E-state index contributed by atoms with van der Waals surface area (Å²) in [5.41, 5.74) is -2.09. The summed E-state index contributed by atoms with van der Waals surface area (Å²) in [7, 11) is 0. The molecule has 4 rings (SSSR count). The van der Waals surface area contributed by atoms with Gasteiger partial charge in [-0.15, -0.1) is 0 Å². The van der Waals surface area contributed by atoms with E-state index >= 15 is 0 Å². The zero-order valence-electron chi connectivity index (χ0n) is 24.5. The van der Waals surface area contributed by atoms with E-state index in [2.05, 4.69) is 9.97 Å². The third-order valence-corrected chi connectivity index (χ3v) is 8.49. The molecule has 0 saturated carbocycles. The average molecular weight is 646 g/mol. The fourth-order valence-corrected chi connectivity index (χ4v) is 6.08. The molecular formula is C25H33N4O12PS. The summed E-state index contributed by atoms with van der Waals surface area (Å²) in [6.07, 6.45) is -3.37. The molecule has 18 heteroatoms. The van der Waals surface area contributed by atoms with E-state index in [9.17, 15) is 33.7 Å². The Kier molecular flexibility index (Phi) is 9.70. The van der Waals surface area contributed by atoms with Crippen LogP contribution in [0.4, 0.5) is 0 Å². The van der Waals surface area contributed by atoms with E-state index < -0.39 is 78.7 Å². The molecule has 2 aromatic rings. The zero-order chi connectivity index (χ0) is 32.3. The summed E-state index contributed by atoms with van der Waals surface area (Å²) < 4.78 is 38.6. The van der Waals surface area contributed by atoms with Crippen molar-refractivity contribution >= 4 is 30.3 Å². The summed E-state index contributed by atoms with van der Waals surface area (Å²) in [6.45, 7) is -0.441. The number of aromatic amines is 2. The van der Waals surface area contributed by atoms with E-state index in [0.29, 0.717) is 0 Å². The number of Topliss-reactive ketones (excluding diaryl/α,β-unsaturated/α-hetero) is 1. The highest BCUT2D eigenvalue weighted by Gasteiger charge is 2.42. The van der Waals surface area contributed by atoms with E-state index in [-0.39, 0.29) is 49.5 Å². The molecule has 0 amide bonds. The molecule has 2 fully saturated rings. The Bertz CT molecular complexity index is 1690. The Morgan fingerprint density at radius 1 is 1.02 bits per heavy atom. The molecule has 3 unspecified atom stereocenters. The third kappa shape index (κ3) is 8.12. The first-order valence-electron chi connectivity index (χ1n) is 14.0. The third-order valence-electron chi connectivity index (χ3n) is 6.91. The minimum atomic E-state index is -4.05. The predicted octanol–water partition coefficient (Wildman–Crippen LogP) is 0.198. The molecule has 3 N–H and O–H groups in total. The fraction of sp³-hybridized carbons (Fsp3) is 0.600. The number of ketones is 1. The van der Waals surface area contributed by atoms with Crippen LogP contribution in [-0.4, -0.2) is 66.8 Å². The van der Waals surface area contributed by atoms with Gasteiger partial charge in [-0.25, -0.2) is 9.59 Å². The van der Waals surface area contributed by atoms with Gasteiger partial charge in [0.25, 0.3) is 11.1 Å². The number of carbonyl (C=O) groups is 2. The Labute approximate surface area is 250 Å². The molecule has 0 bridgehead atoms. The number of hydrogen-bond donors (Lipinski definition) is 3. The molecule has 2 aliphatic heterocycles. The number of ether oxygens (including phenoxy) is 3. The lowest BCUT2D eigenvalue weighted by molar-refractivity contribution is -0.153. The topological polar surface area (TPSA) is 210 Å². The van der Waals surface area contributed by atoms with Crippen LogP contribution in [0.3, 0.4) is 0 Å². The number of hydrogen-bond acceptors (Lipinski definition) is 12. The van der Waals surface area contributed by atoms with Crippen LogP contribution in [0.5, 0.6) is 0 Å². The number of aromatic nitrogens is 4. The Balaban J connectivity index is 1.46. The van der Waals surface area contributed by atoms with E-state index in [1.165, 1.54) is 33.2 Å². The molecule has 0 aromatic carbocycles. The van der Waals surface area contributed by atoms with Crippen LogP contribution in [0.25, 0.3) is 0 Å². The first-order valence-corrected chi connectivity index (χ1v) is 15.9. The molecule has 2 aliphatic rings. The number of esters is 1. The van der Waals surface area contributed by atoms with Crippen LogP contribution in [0.15, 0.2) is 31.6 Å². The number of rotatable bonds is 11. The molecule has 2 saturated heterocycles. The smallest absolute Gasteiger partial charge is 0.330 e. The summed E-state index contributed by atoms with van der Waals surface area (Å²) >= 11 is 5.20. The van der Waals surface area contributed by atoms with Crippen molar-refractivity contribution in [3.63, 3.8) is 0 Å². The SMILES string of the molecule is [2H]C[C@H]1O[C@@H](n2cc(C)c(=O)[nH]c2=O)CC1OP(O)(=S)OC[C@H]1O[C@@H](n2cc(C)c(=O)[nH]c2=O)CC1OC(=O)CCC(C)=O. The van der Waals surface area contributed by atoms with Crippen LogP contribution in [0.1, 0.15) is 64.5 Å². The number of nitrogens with one attached hydrogen (secondary N) is 2. The molecular weight excluding hydrogens is 611 g/mol. The van der Waals surface area contributed by atoms with Crippen molar-refractivity contribution in [2.45, 2.75) is 90.2 Å². The van der Waals surface area contributed by atoms with Gasteiger partial charge in [0.15, 0.2) is 0 Å². The van der Waals surface area contributed by atoms with Crippen molar-refractivity contribution in [1.82, 2.24) is 19.1 Å². The molecule has 0 radical (unpaired) electrons. The Morgan fingerprint density at radius 3 is 2.14 bits per heavy atom. The van der Waals surface area contributed by atoms with E-state index in [0.717, 1.165) is 9.13 Å². The fourth-order valence-electron chi connectivity index (χ4n) is 4.61. The quantitative estimate of drug-likeness (QED) is 0.221. The lowest BCUT2D eigenvalue weighted by Crippen LogP contribution is -2.33. The number of nitrogens with zero attached hydrogens (tertiary/aromatic N) is 2. The molecule has 4 heterocycles. The standard InChI is InChI=1S/C25H33N4O12PS/c1-12-9-28(24(34)26-22(12)32)19-7-16(15(4)38-19)41-42(36,43)37-11-18-17(40-21(31)6-5-14(3)30)8-20(39-18)29-10-13(2)23(33)27-25(29)35/h9-10,15-20H,5-8,11H2,1-4H3,(H,36,43)(H,26,32,34)(H,27,33,35)/t15-,16?,17?,18-,19-,20-,42?/m1/s1/i4D. The highest BCUT2D eigenvalue weighted by atomic mass is 32.5. The van der Waals surface area contributed by atoms with E-state index in [1.807, 2.05) is 0 Å². The normalized spacial score (nSPS) is 27.0. The van der Waals surface area contributed by atoms with Crippen LogP contribution >= 0.6 is 6.72 Å². The van der Waals surface area contributed by atoms with Crippen molar-refractivity contribution in [1.29, 1.82) is 0 Å². The number of aryl methyl sites for hydroxylation is 2. The maximum absolute atomic E-state index is 12.5. The summed E-state index contributed by atoms with van der Waals surface area (Å²) in [4.78, 5) is 87.3. The van der Waals surface area contributed by atoms with Gasteiger partial charge in [0.05, 0.1) is 25.2 Å². The summed E-state index contributed by atoms with van der Waals surface area (Å²) in [5.74, 6) is -0.898. The van der Waals surface area contributed by atoms with Gasteiger partial charge in [0.2, 0.25) is 0 Å². The molecule has 0 aliphatic carbocycles. The molecule has 236 valence electrons. The zero-order valence-corrected chi connectivity index (χ0v) is 25.3. The van der Waals surface area contributed by atoms with E-state index in [1.54, 1.807) is 0 Å². The van der Waals surface area contributed by atoms with Gasteiger partial charge in [0.1, 0.15) is 30.4 Å². The van der Waals surface area contributed by atoms with Gasteiger partial charge in [0, 0.05) is 44.2 Å². The van der Waals surface area contributed by atoms with Gasteiger partial charge >= 0.3 is 24.1 Å². The van der Waals surface area contributed by atoms with E-state index in [4.69, 9.17) is 36.4 Å². The highest BCUT2D eigenvalue weighted by molar-refractivity contribution is 8.07. The average Bonchev–Trinajstić information content (AvgIpc) is 3.53. The Morgan fingerprint density at radius 2 is 1.58 bits per heavy atom. The highest BCUT2D eigenvalue weighted by Crippen LogP contribution is 2.49. The van der Waals surface area contributed by atoms with Gasteiger partial charge in [-0.05, 0) is 39.5 Å². The van der Waals surface area contributed by atoms with Crippen LogP contribution in [0, 0.1) is 13.8 Å². The number of carbonyl (C=O) groups excluding carboxylic acids is 2. The Hall–Kier alpha value is -3.05. The molecule has 43 heavy (non-hydrogen) atoms. The number of H-pyrrole nitrogens is 2. The lowest BCUT2D eigenvalue weighted by Gasteiger charge is -2.24. The molecule has 7 atom stereocenters. The lowest BCUT2D eigenvalue weighted by atomic mass is 10.1. The summed E-state index contributed by atoms with van der Waals surface area (Å²) in [6, 6.07) is 0. The maximum Gasteiger partial charge on any atom is 0.330 e. The molecule has 2 aromatic heterocycles. The van der Waals surface area contributed by atoms with Gasteiger partial charge in [-0.3, -0.25) is 33.5 Å². The first kappa shape index (κ1) is 31.4. The minimum absolute atomic E-state index is 0.00408. The second-order valence-electron chi connectivity index (χ2n) is 10.3. The van der Waals surface area contributed by atoms with Crippen molar-refractivity contribution in [3.05, 3.63) is 65.2 Å². The monoisotopic (exact) mass is 645 g/mol. The minimum Gasteiger partial charge on any atom is -0.459 e. The first-order chi connectivity index (χ1) is 20.7. The van der Waals surface area contributed by atoms with Gasteiger partial charge < -0.3 is 32.9 Å². The molecule has 16 nitrogen and oxygen atoms in total. The second kappa shape index (κ2) is 13.3. The van der Waals surface area contributed by atoms with Crippen molar-refractivity contribution < 1.29 is 39.1 Å². The predicted molar refractivity (Wildman–Crippen MR) is 152 cm³/mol. The van der Waals surface area contributed by atoms with Crippen molar-refractivity contribution in [2.24, 2.45) is 0 Å². The van der Waals surface area contributed by atoms with Crippen molar-refractivity contribution in [3.8, 4) is 0 Å². The largest absolute Gasteiger partial charge is 0.459 e. The van der Waals surface area contributed by atoms with Gasteiger partial charge in [-0.2, -0.15) is 0 Å². The second-order valence-corrected chi connectivity index (χ2v) is 13.1. The van der Waals surface area contributed by atoms with Crippen LogP contribution in [-0.2, 0) is 44.7 Å². The van der Waals surface area contributed by atoms with Crippen LogP contribution in [0.2, 0.25) is 0 Å². The summed E-state index contributed by atoms with van der Waals surface area (Å²) in [5, 5.41) is 0. The van der Waals surface area contributed by atoms with Crippen LogP contribution < -0.4 is 22.5 Å².